The lowest BCUT2D eigenvalue weighted by atomic mass is 10.1. The van der Waals surface area contributed by atoms with E-state index in [0.29, 0.717) is 25.5 Å². The molecule has 1 aliphatic heterocycles. The van der Waals surface area contributed by atoms with Gasteiger partial charge in [0.25, 0.3) is 0 Å². The van der Waals surface area contributed by atoms with Crippen LogP contribution < -0.4 is 16.0 Å². The van der Waals surface area contributed by atoms with E-state index in [-0.39, 0.29) is 53.9 Å². The van der Waals surface area contributed by atoms with E-state index in [0.717, 1.165) is 5.56 Å². The summed E-state index contributed by atoms with van der Waals surface area (Å²) in [4.78, 5) is 16.0. The summed E-state index contributed by atoms with van der Waals surface area (Å²) in [5.41, 5.74) is 2.36. The van der Waals surface area contributed by atoms with E-state index < -0.39 is 9.84 Å². The molecule has 0 bridgehead atoms. The van der Waals surface area contributed by atoms with Crippen LogP contribution in [0.3, 0.4) is 0 Å². The minimum Gasteiger partial charge on any atom is -0.356 e. The third-order valence-electron chi connectivity index (χ3n) is 4.05. The van der Waals surface area contributed by atoms with Gasteiger partial charge in [-0.3, -0.25) is 9.79 Å². The monoisotopic (exact) mass is 494 g/mol. The third kappa shape index (κ3) is 7.90. The lowest BCUT2D eigenvalue weighted by Crippen LogP contribution is -2.40. The van der Waals surface area contributed by atoms with E-state index in [1.54, 1.807) is 7.05 Å². The van der Waals surface area contributed by atoms with E-state index in [4.69, 9.17) is 0 Å². The van der Waals surface area contributed by atoms with Gasteiger partial charge >= 0.3 is 0 Å². The lowest BCUT2D eigenvalue weighted by molar-refractivity contribution is -0.121. The number of sulfone groups is 1. The number of hydrogen-bond donors (Lipinski definition) is 3. The molecule has 1 atom stereocenters. The Morgan fingerprint density at radius 3 is 2.50 bits per heavy atom. The van der Waals surface area contributed by atoms with Crippen LogP contribution >= 0.6 is 24.0 Å². The zero-order chi connectivity index (χ0) is 18.3. The molecule has 0 aliphatic carbocycles. The van der Waals surface area contributed by atoms with Gasteiger partial charge in [0.2, 0.25) is 5.91 Å². The molecule has 7 nitrogen and oxygen atoms in total. The van der Waals surface area contributed by atoms with Crippen molar-refractivity contribution < 1.29 is 13.2 Å². The van der Waals surface area contributed by atoms with Gasteiger partial charge in [-0.2, -0.15) is 0 Å². The zero-order valence-corrected chi connectivity index (χ0v) is 18.3. The van der Waals surface area contributed by atoms with E-state index in [2.05, 4.69) is 45.2 Å². The normalized spacial score (nSPS) is 18.7. The lowest BCUT2D eigenvalue weighted by Gasteiger charge is -2.13. The molecule has 0 aromatic heterocycles. The maximum atomic E-state index is 11.9. The number of aliphatic imine (C=N–C) groups is 1. The number of carbonyl (C=O) groups is 1. The number of benzene rings is 1. The van der Waals surface area contributed by atoms with Crippen LogP contribution in [0.2, 0.25) is 0 Å². The number of hydrogen-bond acceptors (Lipinski definition) is 4. The predicted molar refractivity (Wildman–Crippen MR) is 115 cm³/mol. The Morgan fingerprint density at radius 1 is 1.23 bits per heavy atom. The van der Waals surface area contributed by atoms with Gasteiger partial charge in [0.1, 0.15) is 0 Å². The average Bonchev–Trinajstić information content (AvgIpc) is 2.90. The number of rotatable bonds is 6. The fraction of sp³-hybridized carbons (Fsp3) is 0.529. The van der Waals surface area contributed by atoms with E-state index in [1.165, 1.54) is 5.56 Å². The summed E-state index contributed by atoms with van der Waals surface area (Å²) in [6, 6.07) is 7.97. The van der Waals surface area contributed by atoms with Crippen molar-refractivity contribution in [1.82, 2.24) is 16.0 Å². The second-order valence-corrected chi connectivity index (χ2v) is 8.48. The number of carbonyl (C=O) groups excluding carboxylic acids is 1. The van der Waals surface area contributed by atoms with Crippen molar-refractivity contribution in [2.24, 2.45) is 4.99 Å². The van der Waals surface area contributed by atoms with Crippen molar-refractivity contribution in [3.8, 4) is 0 Å². The smallest absolute Gasteiger partial charge is 0.222 e. The molecule has 3 N–H and O–H groups in total. The van der Waals surface area contributed by atoms with Crippen LogP contribution in [0.25, 0.3) is 0 Å². The number of nitrogens with zero attached hydrogens (tertiary/aromatic N) is 1. The zero-order valence-electron chi connectivity index (χ0n) is 15.1. The van der Waals surface area contributed by atoms with Crippen LogP contribution in [0.15, 0.2) is 29.3 Å². The molecule has 9 heteroatoms. The molecule has 146 valence electrons. The topological polar surface area (TPSA) is 99.7 Å². The molecule has 26 heavy (non-hydrogen) atoms. The van der Waals surface area contributed by atoms with Crippen LogP contribution in [0.4, 0.5) is 0 Å². The fourth-order valence-corrected chi connectivity index (χ4v) is 4.29. The van der Waals surface area contributed by atoms with Crippen molar-refractivity contribution in [3.63, 3.8) is 0 Å². The summed E-state index contributed by atoms with van der Waals surface area (Å²) in [6.45, 7) is 3.12. The number of guanidine groups is 1. The Hall–Kier alpha value is -1.36. The molecule has 1 aromatic carbocycles. The molecule has 2 rings (SSSR count). The van der Waals surface area contributed by atoms with Crippen molar-refractivity contribution in [2.75, 3.05) is 25.1 Å². The Labute approximate surface area is 172 Å². The molecule has 1 heterocycles. The molecule has 1 saturated heterocycles. The summed E-state index contributed by atoms with van der Waals surface area (Å²) in [6.07, 6.45) is 0.767. The number of nitrogens with one attached hydrogen (secondary N) is 3. The van der Waals surface area contributed by atoms with Crippen molar-refractivity contribution in [2.45, 2.75) is 32.4 Å². The summed E-state index contributed by atoms with van der Waals surface area (Å²) < 4.78 is 22.8. The standard InChI is InChI=1S/C17H26N4O3S.HI/c1-13-3-5-14(6-4-13)11-20-17(18-2)19-9-7-16(22)21-15-8-10-25(23,24)12-15;/h3-6,15H,7-12H2,1-2H3,(H,21,22)(H2,18,19,20);1H. The predicted octanol–water partition coefficient (Wildman–Crippen LogP) is 0.971. The Kier molecular flexibility index (Phi) is 9.34. The first-order valence-corrected chi connectivity index (χ1v) is 10.2. The van der Waals surface area contributed by atoms with Crippen molar-refractivity contribution >= 4 is 45.7 Å². The highest BCUT2D eigenvalue weighted by atomic mass is 127. The SMILES string of the molecule is CN=C(NCCC(=O)NC1CCS(=O)(=O)C1)NCc1ccc(C)cc1.I. The number of aryl methyl sites for hydroxylation is 1. The van der Waals surface area contributed by atoms with Crippen molar-refractivity contribution in [1.29, 1.82) is 0 Å². The van der Waals surface area contributed by atoms with Gasteiger partial charge in [0, 0.05) is 32.6 Å². The molecular weight excluding hydrogens is 467 g/mol. The number of halogens is 1. The minimum absolute atomic E-state index is 0. The fourth-order valence-electron chi connectivity index (χ4n) is 2.62. The van der Waals surface area contributed by atoms with Crippen LogP contribution in [0.5, 0.6) is 0 Å². The molecule has 1 aromatic rings. The Bertz CT molecular complexity index is 720. The highest BCUT2D eigenvalue weighted by molar-refractivity contribution is 14.0. The van der Waals surface area contributed by atoms with Gasteiger partial charge in [-0.05, 0) is 18.9 Å². The molecule has 1 unspecified atom stereocenters. The van der Waals surface area contributed by atoms with Gasteiger partial charge in [-0.15, -0.1) is 24.0 Å². The van der Waals surface area contributed by atoms with Gasteiger partial charge in [0.05, 0.1) is 11.5 Å². The molecule has 0 radical (unpaired) electrons. The van der Waals surface area contributed by atoms with E-state index in [9.17, 15) is 13.2 Å². The van der Waals surface area contributed by atoms with Crippen LogP contribution in [0, 0.1) is 6.92 Å². The van der Waals surface area contributed by atoms with Crippen LogP contribution in [0.1, 0.15) is 24.0 Å². The van der Waals surface area contributed by atoms with Gasteiger partial charge in [-0.1, -0.05) is 29.8 Å². The Balaban J connectivity index is 0.00000338. The number of amides is 1. The second kappa shape index (κ2) is 10.7. The molecule has 1 fully saturated rings. The van der Waals surface area contributed by atoms with Gasteiger partial charge in [-0.25, -0.2) is 8.42 Å². The van der Waals surface area contributed by atoms with Crippen LogP contribution in [-0.4, -0.2) is 51.4 Å². The molecular formula is C17H27IN4O3S. The van der Waals surface area contributed by atoms with E-state index in [1.807, 2.05) is 6.92 Å². The third-order valence-corrected chi connectivity index (χ3v) is 5.81. The van der Waals surface area contributed by atoms with E-state index >= 15 is 0 Å². The maximum absolute atomic E-state index is 11.9. The second-order valence-electron chi connectivity index (χ2n) is 6.26. The first-order valence-electron chi connectivity index (χ1n) is 8.38. The van der Waals surface area contributed by atoms with Gasteiger partial charge < -0.3 is 16.0 Å². The summed E-state index contributed by atoms with van der Waals surface area (Å²) in [5.74, 6) is 0.679. The van der Waals surface area contributed by atoms with Gasteiger partial charge in [0.15, 0.2) is 15.8 Å². The first kappa shape index (κ1) is 22.7. The summed E-state index contributed by atoms with van der Waals surface area (Å²) in [5, 5.41) is 9.04. The minimum atomic E-state index is -2.97. The highest BCUT2D eigenvalue weighted by Crippen LogP contribution is 2.11. The van der Waals surface area contributed by atoms with Crippen LogP contribution in [-0.2, 0) is 21.2 Å². The summed E-state index contributed by atoms with van der Waals surface area (Å²) in [7, 11) is -1.30. The maximum Gasteiger partial charge on any atom is 0.222 e. The molecule has 1 amide bonds. The molecule has 0 spiro atoms. The molecule has 0 saturated carbocycles. The largest absolute Gasteiger partial charge is 0.356 e. The highest BCUT2D eigenvalue weighted by Gasteiger charge is 2.28. The summed E-state index contributed by atoms with van der Waals surface area (Å²) >= 11 is 0. The first-order chi connectivity index (χ1) is 11.9. The average molecular weight is 494 g/mol. The quantitative estimate of drug-likeness (QED) is 0.311. The molecule has 1 aliphatic rings. The van der Waals surface area contributed by atoms with Crippen molar-refractivity contribution in [3.05, 3.63) is 35.4 Å². The Morgan fingerprint density at radius 2 is 1.92 bits per heavy atom.